The number of nitrogens with two attached hydrogens (primary N) is 1. The Morgan fingerprint density at radius 2 is 2.46 bits per heavy atom. The van der Waals surface area contributed by atoms with Gasteiger partial charge in [-0.2, -0.15) is 0 Å². The highest BCUT2D eigenvalue weighted by Gasteiger charge is 2.11. The third-order valence-electron chi connectivity index (χ3n) is 1.52. The molecule has 4 nitrogen and oxygen atoms in total. The van der Waals surface area contributed by atoms with E-state index in [2.05, 4.69) is 27.6 Å². The van der Waals surface area contributed by atoms with Gasteiger partial charge in [-0.1, -0.05) is 0 Å². The molecule has 1 rings (SSSR count). The van der Waals surface area contributed by atoms with Crippen molar-refractivity contribution in [1.29, 1.82) is 0 Å². The van der Waals surface area contributed by atoms with Gasteiger partial charge in [0.2, 0.25) is 0 Å². The summed E-state index contributed by atoms with van der Waals surface area (Å²) in [5.74, 6) is -0.909. The largest absolute Gasteiger partial charge is 0.481 e. The average Bonchev–Trinajstić information content (AvgIpc) is 2.03. The van der Waals surface area contributed by atoms with Crippen molar-refractivity contribution in [3.63, 3.8) is 0 Å². The number of carboxylic acids is 1. The zero-order chi connectivity index (χ0) is 9.84. The highest BCUT2D eigenvalue weighted by atomic mass is 127. The first-order chi connectivity index (χ1) is 6.09. The fraction of sp³-hybridized carbons (Fsp3) is 0.250. The molecular weight excluding hydrogens is 283 g/mol. The summed E-state index contributed by atoms with van der Waals surface area (Å²) in [6.07, 6.45) is 1.53. The maximum Gasteiger partial charge on any atom is 0.305 e. The van der Waals surface area contributed by atoms with Crippen molar-refractivity contribution >= 4 is 28.6 Å². The second-order valence-electron chi connectivity index (χ2n) is 2.60. The first kappa shape index (κ1) is 10.4. The summed E-state index contributed by atoms with van der Waals surface area (Å²) in [5, 5.41) is 8.50. The molecule has 3 N–H and O–H groups in total. The third-order valence-corrected chi connectivity index (χ3v) is 2.19. The van der Waals surface area contributed by atoms with Gasteiger partial charge >= 0.3 is 5.97 Å². The highest BCUT2D eigenvalue weighted by Crippen LogP contribution is 2.13. The Hall–Kier alpha value is -0.690. The summed E-state index contributed by atoms with van der Waals surface area (Å²) in [4.78, 5) is 14.4. The van der Waals surface area contributed by atoms with Gasteiger partial charge in [0.05, 0.1) is 18.2 Å². The maximum absolute atomic E-state index is 10.4. The molecule has 1 heterocycles. The van der Waals surface area contributed by atoms with Crippen LogP contribution in [0.25, 0.3) is 0 Å². The molecule has 1 aromatic rings. The molecule has 0 spiro atoms. The summed E-state index contributed by atoms with van der Waals surface area (Å²) in [5.41, 5.74) is 6.24. The van der Waals surface area contributed by atoms with E-state index in [1.54, 1.807) is 12.3 Å². The van der Waals surface area contributed by atoms with Crippen LogP contribution in [0.15, 0.2) is 18.3 Å². The van der Waals surface area contributed by atoms with Crippen LogP contribution in [0.2, 0.25) is 0 Å². The SMILES string of the molecule is N[C@@H](CC(=O)O)c1cc(I)ccn1. The Bertz CT molecular complexity index is 317. The minimum atomic E-state index is -0.909. The topological polar surface area (TPSA) is 76.2 Å². The minimum Gasteiger partial charge on any atom is -0.481 e. The first-order valence-corrected chi connectivity index (χ1v) is 4.76. The molecule has 0 saturated heterocycles. The number of hydrogen-bond acceptors (Lipinski definition) is 3. The molecule has 5 heteroatoms. The number of aliphatic carboxylic acids is 1. The summed E-state index contributed by atoms with van der Waals surface area (Å²) in [6, 6.07) is 3.10. The van der Waals surface area contributed by atoms with E-state index in [0.717, 1.165) is 3.57 Å². The molecule has 0 unspecified atom stereocenters. The normalized spacial score (nSPS) is 12.5. The van der Waals surface area contributed by atoms with E-state index in [1.165, 1.54) is 0 Å². The highest BCUT2D eigenvalue weighted by molar-refractivity contribution is 14.1. The molecule has 0 bridgehead atoms. The number of halogens is 1. The van der Waals surface area contributed by atoms with Crippen LogP contribution in [0, 0.1) is 3.57 Å². The number of carboxylic acid groups (broad SMARTS) is 1. The third kappa shape index (κ3) is 3.27. The predicted octanol–water partition coefficient (Wildman–Crippen LogP) is 1.16. The van der Waals surface area contributed by atoms with Crippen LogP contribution in [0.3, 0.4) is 0 Å². The van der Waals surface area contributed by atoms with Gasteiger partial charge < -0.3 is 10.8 Å². The lowest BCUT2D eigenvalue weighted by Crippen LogP contribution is -2.16. The van der Waals surface area contributed by atoms with Crippen LogP contribution in [-0.2, 0) is 4.79 Å². The van der Waals surface area contributed by atoms with E-state index in [-0.39, 0.29) is 6.42 Å². The van der Waals surface area contributed by atoms with E-state index in [0.29, 0.717) is 5.69 Å². The van der Waals surface area contributed by atoms with E-state index in [9.17, 15) is 4.79 Å². The van der Waals surface area contributed by atoms with Crippen molar-refractivity contribution in [2.24, 2.45) is 5.73 Å². The Labute approximate surface area is 89.3 Å². The molecule has 13 heavy (non-hydrogen) atoms. The van der Waals surface area contributed by atoms with Crippen LogP contribution >= 0.6 is 22.6 Å². The lowest BCUT2D eigenvalue weighted by Gasteiger charge is -2.07. The number of aromatic nitrogens is 1. The minimum absolute atomic E-state index is 0.0902. The van der Waals surface area contributed by atoms with Crippen molar-refractivity contribution in [2.45, 2.75) is 12.5 Å². The van der Waals surface area contributed by atoms with Crippen LogP contribution < -0.4 is 5.73 Å². The Morgan fingerprint density at radius 3 is 3.00 bits per heavy atom. The number of nitrogens with zero attached hydrogens (tertiary/aromatic N) is 1. The van der Waals surface area contributed by atoms with E-state index < -0.39 is 12.0 Å². The van der Waals surface area contributed by atoms with Gasteiger partial charge in [0, 0.05) is 9.77 Å². The van der Waals surface area contributed by atoms with Gasteiger partial charge in [-0.3, -0.25) is 9.78 Å². The van der Waals surface area contributed by atoms with Gasteiger partial charge in [0.1, 0.15) is 0 Å². The lowest BCUT2D eigenvalue weighted by molar-refractivity contribution is -0.137. The monoisotopic (exact) mass is 292 g/mol. The molecule has 70 valence electrons. The first-order valence-electron chi connectivity index (χ1n) is 3.68. The molecule has 0 aromatic carbocycles. The molecule has 1 aromatic heterocycles. The van der Waals surface area contributed by atoms with Gasteiger partial charge in [-0.15, -0.1) is 0 Å². The van der Waals surface area contributed by atoms with E-state index in [1.807, 2.05) is 6.07 Å². The Kier molecular flexibility index (Phi) is 3.61. The molecule has 0 amide bonds. The van der Waals surface area contributed by atoms with Crippen molar-refractivity contribution < 1.29 is 9.90 Å². The maximum atomic E-state index is 10.4. The van der Waals surface area contributed by atoms with Crippen molar-refractivity contribution in [3.8, 4) is 0 Å². The summed E-state index contributed by atoms with van der Waals surface area (Å²) in [7, 11) is 0. The van der Waals surface area contributed by atoms with Crippen molar-refractivity contribution in [1.82, 2.24) is 4.98 Å². The summed E-state index contributed by atoms with van der Waals surface area (Å²) >= 11 is 2.13. The predicted molar refractivity (Wildman–Crippen MR) is 56.1 cm³/mol. The van der Waals surface area contributed by atoms with Crippen molar-refractivity contribution in [3.05, 3.63) is 27.6 Å². The van der Waals surface area contributed by atoms with Crippen molar-refractivity contribution in [2.75, 3.05) is 0 Å². The smallest absolute Gasteiger partial charge is 0.305 e. The second-order valence-corrected chi connectivity index (χ2v) is 3.85. The van der Waals surface area contributed by atoms with Crippen LogP contribution in [0.1, 0.15) is 18.2 Å². The molecule has 0 aliphatic heterocycles. The van der Waals surface area contributed by atoms with Crippen LogP contribution in [0.5, 0.6) is 0 Å². The van der Waals surface area contributed by atoms with E-state index in [4.69, 9.17) is 10.8 Å². The lowest BCUT2D eigenvalue weighted by atomic mass is 10.1. The van der Waals surface area contributed by atoms with E-state index >= 15 is 0 Å². The average molecular weight is 292 g/mol. The molecule has 0 aliphatic rings. The zero-order valence-corrected chi connectivity index (χ0v) is 8.93. The number of hydrogen-bond donors (Lipinski definition) is 2. The summed E-state index contributed by atoms with van der Waals surface area (Å²) < 4.78 is 1.00. The molecule has 0 radical (unpaired) electrons. The molecule has 0 fully saturated rings. The van der Waals surface area contributed by atoms with Gasteiger partial charge in [0.15, 0.2) is 0 Å². The second kappa shape index (κ2) is 4.52. The van der Waals surface area contributed by atoms with Crippen LogP contribution in [0.4, 0.5) is 0 Å². The zero-order valence-electron chi connectivity index (χ0n) is 6.77. The summed E-state index contributed by atoms with van der Waals surface area (Å²) in [6.45, 7) is 0. The van der Waals surface area contributed by atoms with Crippen LogP contribution in [-0.4, -0.2) is 16.1 Å². The molecule has 1 atom stereocenters. The van der Waals surface area contributed by atoms with Gasteiger partial charge in [-0.25, -0.2) is 0 Å². The molecule has 0 aliphatic carbocycles. The Morgan fingerprint density at radius 1 is 1.77 bits per heavy atom. The molecule has 0 saturated carbocycles. The van der Waals surface area contributed by atoms with Gasteiger partial charge in [0.25, 0.3) is 0 Å². The van der Waals surface area contributed by atoms with Gasteiger partial charge in [-0.05, 0) is 34.7 Å². The number of rotatable bonds is 3. The standard InChI is InChI=1S/C8H9IN2O2/c9-5-1-2-11-7(3-5)6(10)4-8(12)13/h1-3,6H,4,10H2,(H,12,13)/t6-/m0/s1. The fourth-order valence-electron chi connectivity index (χ4n) is 0.917. The number of pyridine rings is 1. The fourth-order valence-corrected chi connectivity index (χ4v) is 1.40. The molecular formula is C8H9IN2O2. The quantitative estimate of drug-likeness (QED) is 0.820. The number of carbonyl (C=O) groups is 1. The Balaban J connectivity index is 2.76.